The number of hydrogen-bond acceptors (Lipinski definition) is 5. The van der Waals surface area contributed by atoms with Crippen LogP contribution in [0.15, 0.2) is 55.0 Å². The Morgan fingerprint density at radius 3 is 2.56 bits per heavy atom. The van der Waals surface area contributed by atoms with Gasteiger partial charge in [0.1, 0.15) is 5.82 Å². The summed E-state index contributed by atoms with van der Waals surface area (Å²) in [5.41, 5.74) is 5.13. The minimum absolute atomic E-state index is 0.615. The number of nitrogens with one attached hydrogen (secondary N) is 1. The van der Waals surface area contributed by atoms with Gasteiger partial charge in [0.25, 0.3) is 0 Å². The van der Waals surface area contributed by atoms with E-state index in [2.05, 4.69) is 37.6 Å². The quantitative estimate of drug-likeness (QED) is 0.591. The van der Waals surface area contributed by atoms with Crippen molar-refractivity contribution in [1.29, 1.82) is 0 Å². The van der Waals surface area contributed by atoms with Crippen molar-refractivity contribution in [2.45, 2.75) is 27.3 Å². The van der Waals surface area contributed by atoms with Gasteiger partial charge in [-0.05, 0) is 44.5 Å². The molecule has 0 saturated carbocycles. The van der Waals surface area contributed by atoms with Crippen molar-refractivity contribution < 1.29 is 0 Å². The number of aryl methyl sites for hydroxylation is 3. The van der Waals surface area contributed by atoms with E-state index >= 15 is 0 Å². The number of hydrogen-bond donors (Lipinski definition) is 1. The predicted molar refractivity (Wildman–Crippen MR) is 104 cm³/mol. The number of rotatable bonds is 5. The standard InChI is InChI=1S/C20H21N7/c1-14-8-9-26(24-14)18-7-5-4-6-17(18)11-22-19-12-21-13-20(23-19)27-16(3)10-15(2)25-27/h4-10,12-13H,11H2,1-3H3,(H,22,23). The fraction of sp³-hybridized carbons (Fsp3) is 0.200. The van der Waals surface area contributed by atoms with Gasteiger partial charge in [0.15, 0.2) is 5.82 Å². The molecule has 0 amide bonds. The van der Waals surface area contributed by atoms with Crippen LogP contribution in [-0.4, -0.2) is 29.5 Å². The van der Waals surface area contributed by atoms with Crippen LogP contribution in [0.1, 0.15) is 22.6 Å². The monoisotopic (exact) mass is 359 g/mol. The van der Waals surface area contributed by atoms with Gasteiger partial charge in [0.2, 0.25) is 0 Å². The Bertz CT molecular complexity index is 1080. The third-order valence-electron chi connectivity index (χ3n) is 4.27. The van der Waals surface area contributed by atoms with Crippen LogP contribution in [-0.2, 0) is 6.54 Å². The molecule has 0 radical (unpaired) electrons. The van der Waals surface area contributed by atoms with Crippen LogP contribution in [0, 0.1) is 20.8 Å². The van der Waals surface area contributed by atoms with Crippen molar-refractivity contribution in [3.8, 4) is 11.5 Å². The molecule has 0 aliphatic heterocycles. The molecule has 4 aromatic rings. The lowest BCUT2D eigenvalue weighted by molar-refractivity contribution is 0.798. The molecule has 0 bridgehead atoms. The fourth-order valence-corrected chi connectivity index (χ4v) is 3.02. The van der Waals surface area contributed by atoms with Gasteiger partial charge >= 0.3 is 0 Å². The van der Waals surface area contributed by atoms with E-state index in [1.165, 1.54) is 0 Å². The SMILES string of the molecule is Cc1ccn(-c2ccccc2CNc2cncc(-n3nc(C)cc3C)n2)n1. The molecule has 136 valence electrons. The zero-order chi connectivity index (χ0) is 18.8. The number of nitrogens with zero attached hydrogens (tertiary/aromatic N) is 6. The Morgan fingerprint density at radius 1 is 0.963 bits per heavy atom. The molecule has 0 aliphatic carbocycles. The average Bonchev–Trinajstić information content (AvgIpc) is 3.25. The van der Waals surface area contributed by atoms with Crippen molar-refractivity contribution in [3.63, 3.8) is 0 Å². The van der Waals surface area contributed by atoms with E-state index < -0.39 is 0 Å². The molecule has 1 aromatic carbocycles. The van der Waals surface area contributed by atoms with Gasteiger partial charge in [-0.25, -0.2) is 14.3 Å². The highest BCUT2D eigenvalue weighted by molar-refractivity contribution is 5.44. The van der Waals surface area contributed by atoms with E-state index in [9.17, 15) is 0 Å². The molecular formula is C20H21N7. The Balaban J connectivity index is 1.57. The van der Waals surface area contributed by atoms with E-state index in [1.54, 1.807) is 17.1 Å². The molecule has 7 heteroatoms. The molecule has 0 fully saturated rings. The van der Waals surface area contributed by atoms with Crippen LogP contribution in [0.4, 0.5) is 5.82 Å². The second-order valence-corrected chi connectivity index (χ2v) is 6.49. The summed E-state index contributed by atoms with van der Waals surface area (Å²) in [4.78, 5) is 8.95. The van der Waals surface area contributed by atoms with Crippen LogP contribution in [0.3, 0.4) is 0 Å². The van der Waals surface area contributed by atoms with E-state index in [0.717, 1.165) is 28.3 Å². The predicted octanol–water partition coefficient (Wildman–Crippen LogP) is 3.39. The molecule has 7 nitrogen and oxygen atoms in total. The normalized spacial score (nSPS) is 10.9. The molecule has 0 aliphatic rings. The van der Waals surface area contributed by atoms with Gasteiger partial charge < -0.3 is 5.32 Å². The van der Waals surface area contributed by atoms with Gasteiger partial charge in [-0.2, -0.15) is 10.2 Å². The van der Waals surface area contributed by atoms with Crippen LogP contribution in [0.25, 0.3) is 11.5 Å². The lowest BCUT2D eigenvalue weighted by Crippen LogP contribution is -2.09. The topological polar surface area (TPSA) is 73.5 Å². The highest BCUT2D eigenvalue weighted by Crippen LogP contribution is 2.16. The molecule has 0 spiro atoms. The molecule has 0 unspecified atom stereocenters. The van der Waals surface area contributed by atoms with E-state index in [4.69, 9.17) is 0 Å². The van der Waals surface area contributed by atoms with Crippen LogP contribution in [0.2, 0.25) is 0 Å². The maximum absolute atomic E-state index is 4.64. The first-order chi connectivity index (χ1) is 13.1. The zero-order valence-electron chi connectivity index (χ0n) is 15.6. The van der Waals surface area contributed by atoms with E-state index in [-0.39, 0.29) is 0 Å². The minimum Gasteiger partial charge on any atom is -0.365 e. The first-order valence-electron chi connectivity index (χ1n) is 8.80. The van der Waals surface area contributed by atoms with Crippen LogP contribution >= 0.6 is 0 Å². The van der Waals surface area contributed by atoms with E-state index in [0.29, 0.717) is 18.2 Å². The van der Waals surface area contributed by atoms with Gasteiger partial charge in [-0.3, -0.25) is 4.98 Å². The summed E-state index contributed by atoms with van der Waals surface area (Å²) in [5, 5.41) is 12.3. The molecule has 27 heavy (non-hydrogen) atoms. The molecule has 3 aromatic heterocycles. The van der Waals surface area contributed by atoms with Crippen LogP contribution in [0.5, 0.6) is 0 Å². The van der Waals surface area contributed by atoms with Gasteiger partial charge in [-0.15, -0.1) is 0 Å². The average molecular weight is 359 g/mol. The lowest BCUT2D eigenvalue weighted by Gasteiger charge is -2.12. The molecule has 4 rings (SSSR count). The maximum atomic E-state index is 4.64. The summed E-state index contributed by atoms with van der Waals surface area (Å²) in [6.07, 6.45) is 5.40. The number of anilines is 1. The highest BCUT2D eigenvalue weighted by atomic mass is 15.3. The molecular weight excluding hydrogens is 338 g/mol. The smallest absolute Gasteiger partial charge is 0.174 e. The van der Waals surface area contributed by atoms with E-state index in [1.807, 2.05) is 55.9 Å². The largest absolute Gasteiger partial charge is 0.365 e. The summed E-state index contributed by atoms with van der Waals surface area (Å²) in [6.45, 7) is 6.57. The van der Waals surface area contributed by atoms with Crippen molar-refractivity contribution >= 4 is 5.82 Å². The van der Waals surface area contributed by atoms with Gasteiger partial charge in [0, 0.05) is 18.4 Å². The summed E-state index contributed by atoms with van der Waals surface area (Å²) >= 11 is 0. The summed E-state index contributed by atoms with van der Waals surface area (Å²) in [5.74, 6) is 1.40. The summed E-state index contributed by atoms with van der Waals surface area (Å²) in [7, 11) is 0. The minimum atomic E-state index is 0.615. The Kier molecular flexibility index (Phi) is 4.42. The lowest BCUT2D eigenvalue weighted by atomic mass is 10.2. The Morgan fingerprint density at radius 2 is 1.81 bits per heavy atom. The van der Waals surface area contributed by atoms with Crippen molar-refractivity contribution in [3.05, 3.63) is 77.6 Å². The highest BCUT2D eigenvalue weighted by Gasteiger charge is 2.08. The van der Waals surface area contributed by atoms with Crippen LogP contribution < -0.4 is 5.32 Å². The third kappa shape index (κ3) is 3.57. The Hall–Kier alpha value is -3.48. The fourth-order valence-electron chi connectivity index (χ4n) is 3.02. The number of aromatic nitrogens is 6. The molecule has 0 atom stereocenters. The third-order valence-corrected chi connectivity index (χ3v) is 4.27. The number of para-hydroxylation sites is 1. The van der Waals surface area contributed by atoms with Gasteiger partial charge in [-0.1, -0.05) is 18.2 Å². The first kappa shape index (κ1) is 17.0. The molecule has 1 N–H and O–H groups in total. The molecule has 0 saturated heterocycles. The van der Waals surface area contributed by atoms with Gasteiger partial charge in [0.05, 0.1) is 29.5 Å². The van der Waals surface area contributed by atoms with Crippen molar-refractivity contribution in [2.75, 3.05) is 5.32 Å². The second kappa shape index (κ2) is 7.03. The second-order valence-electron chi connectivity index (χ2n) is 6.49. The van der Waals surface area contributed by atoms with Crippen molar-refractivity contribution in [1.82, 2.24) is 29.5 Å². The maximum Gasteiger partial charge on any atom is 0.174 e. The first-order valence-corrected chi connectivity index (χ1v) is 8.80. The summed E-state index contributed by atoms with van der Waals surface area (Å²) in [6, 6.07) is 12.2. The summed E-state index contributed by atoms with van der Waals surface area (Å²) < 4.78 is 3.69. The van der Waals surface area contributed by atoms with Crippen molar-refractivity contribution in [2.24, 2.45) is 0 Å². The zero-order valence-corrected chi connectivity index (χ0v) is 15.6. The number of benzene rings is 1. The Labute approximate surface area is 157 Å². The molecule has 3 heterocycles.